The summed E-state index contributed by atoms with van der Waals surface area (Å²) < 4.78 is 5.54. The van der Waals surface area contributed by atoms with Gasteiger partial charge in [-0.15, -0.1) is 0 Å². The number of ether oxygens (including phenoxy) is 1. The summed E-state index contributed by atoms with van der Waals surface area (Å²) in [5, 5.41) is 0. The van der Waals surface area contributed by atoms with E-state index in [1.54, 1.807) is 6.07 Å². The molecular weight excluding hydrogens is 240 g/mol. The number of nitrogens with zero attached hydrogens (tertiary/aromatic N) is 1. The smallest absolute Gasteiger partial charge is 0.225 e. The molecule has 104 valence electrons. The van der Waals surface area contributed by atoms with Crippen molar-refractivity contribution in [3.8, 4) is 5.75 Å². The van der Waals surface area contributed by atoms with Crippen LogP contribution in [0.5, 0.6) is 5.75 Å². The molecular formula is C15H22N2O2. The van der Waals surface area contributed by atoms with Gasteiger partial charge >= 0.3 is 0 Å². The summed E-state index contributed by atoms with van der Waals surface area (Å²) in [6.07, 6.45) is 2.90. The summed E-state index contributed by atoms with van der Waals surface area (Å²) in [6, 6.07) is 7.61. The van der Waals surface area contributed by atoms with Crippen LogP contribution in [0, 0.1) is 5.92 Å². The summed E-state index contributed by atoms with van der Waals surface area (Å²) in [5.74, 6) is 1.55. The van der Waals surface area contributed by atoms with E-state index >= 15 is 0 Å². The van der Waals surface area contributed by atoms with E-state index in [9.17, 15) is 4.79 Å². The Morgan fingerprint density at radius 3 is 2.89 bits per heavy atom. The molecule has 0 radical (unpaired) electrons. The molecule has 4 heteroatoms. The zero-order valence-electron chi connectivity index (χ0n) is 11.6. The molecule has 4 nitrogen and oxygen atoms in total. The van der Waals surface area contributed by atoms with Crippen LogP contribution in [0.1, 0.15) is 26.2 Å². The van der Waals surface area contributed by atoms with Crippen molar-refractivity contribution in [2.45, 2.75) is 32.2 Å². The zero-order valence-corrected chi connectivity index (χ0v) is 11.6. The van der Waals surface area contributed by atoms with E-state index < -0.39 is 0 Å². The van der Waals surface area contributed by atoms with Crippen molar-refractivity contribution in [1.29, 1.82) is 0 Å². The second-order valence-corrected chi connectivity index (χ2v) is 5.25. The lowest BCUT2D eigenvalue weighted by molar-refractivity contribution is -0.132. The Morgan fingerprint density at radius 1 is 1.53 bits per heavy atom. The Bertz CT molecular complexity index is 444. The van der Waals surface area contributed by atoms with Crippen LogP contribution in [0.25, 0.3) is 0 Å². The van der Waals surface area contributed by atoms with Gasteiger partial charge in [0.05, 0.1) is 13.0 Å². The van der Waals surface area contributed by atoms with E-state index in [4.69, 9.17) is 10.5 Å². The van der Waals surface area contributed by atoms with E-state index in [2.05, 4.69) is 6.92 Å². The molecule has 1 amide bonds. The highest BCUT2D eigenvalue weighted by atomic mass is 16.5. The van der Waals surface area contributed by atoms with Gasteiger partial charge in [0.15, 0.2) is 0 Å². The number of carbonyl (C=O) groups excluding carboxylic acids is 1. The number of hydrogen-bond acceptors (Lipinski definition) is 3. The molecule has 1 fully saturated rings. The van der Waals surface area contributed by atoms with Crippen molar-refractivity contribution >= 4 is 11.6 Å². The Hall–Kier alpha value is -1.71. The number of carbonyl (C=O) groups is 1. The molecule has 0 aromatic heterocycles. The fourth-order valence-corrected chi connectivity index (χ4v) is 2.16. The molecule has 1 aliphatic carbocycles. The summed E-state index contributed by atoms with van der Waals surface area (Å²) >= 11 is 0. The van der Waals surface area contributed by atoms with Crippen LogP contribution in [0.15, 0.2) is 24.3 Å². The molecule has 1 atom stereocenters. The third-order valence-electron chi connectivity index (χ3n) is 3.75. The number of nitrogen functional groups attached to an aromatic ring is 1. The van der Waals surface area contributed by atoms with Crippen molar-refractivity contribution < 1.29 is 9.53 Å². The minimum absolute atomic E-state index is 0.142. The maximum absolute atomic E-state index is 12.0. The molecule has 0 bridgehead atoms. The van der Waals surface area contributed by atoms with Gasteiger partial charge in [-0.25, -0.2) is 0 Å². The van der Waals surface area contributed by atoms with Crippen LogP contribution in [0.4, 0.5) is 5.69 Å². The monoisotopic (exact) mass is 262 g/mol. The third-order valence-corrected chi connectivity index (χ3v) is 3.75. The minimum atomic E-state index is 0.142. The van der Waals surface area contributed by atoms with Crippen molar-refractivity contribution in [1.82, 2.24) is 4.90 Å². The first-order valence-electron chi connectivity index (χ1n) is 6.82. The first kappa shape index (κ1) is 13.7. The van der Waals surface area contributed by atoms with E-state index in [1.807, 2.05) is 30.1 Å². The second-order valence-electron chi connectivity index (χ2n) is 5.25. The molecule has 1 aromatic rings. The van der Waals surface area contributed by atoms with Gasteiger partial charge in [-0.05, 0) is 37.8 Å². The number of nitrogens with two attached hydrogens (primary N) is 1. The number of anilines is 1. The predicted molar refractivity (Wildman–Crippen MR) is 75.9 cm³/mol. The number of hydrogen-bond donors (Lipinski definition) is 1. The van der Waals surface area contributed by atoms with Crippen molar-refractivity contribution in [2.75, 3.05) is 19.4 Å². The van der Waals surface area contributed by atoms with Crippen LogP contribution in [-0.2, 0) is 4.79 Å². The highest BCUT2D eigenvalue weighted by Crippen LogP contribution is 2.34. The molecule has 2 N–H and O–H groups in total. The standard InChI is InChI=1S/C15H22N2O2/c1-11(12-6-7-12)17(2)15(18)8-9-19-14-5-3-4-13(16)10-14/h3-5,10-12H,6-9,16H2,1-2H3. The van der Waals surface area contributed by atoms with Gasteiger partial charge in [-0.3, -0.25) is 4.79 Å². The molecule has 1 saturated carbocycles. The van der Waals surface area contributed by atoms with Crippen molar-refractivity contribution in [2.24, 2.45) is 5.92 Å². The summed E-state index contributed by atoms with van der Waals surface area (Å²) in [5.41, 5.74) is 6.33. The van der Waals surface area contributed by atoms with Crippen LogP contribution < -0.4 is 10.5 Å². The lowest BCUT2D eigenvalue weighted by Crippen LogP contribution is -2.37. The molecule has 2 rings (SSSR count). The topological polar surface area (TPSA) is 55.6 Å². The van der Waals surface area contributed by atoms with Gasteiger partial charge in [-0.1, -0.05) is 6.07 Å². The SMILES string of the molecule is CC(C1CC1)N(C)C(=O)CCOc1cccc(N)c1. The summed E-state index contributed by atoms with van der Waals surface area (Å²) in [4.78, 5) is 13.8. The van der Waals surface area contributed by atoms with Gasteiger partial charge < -0.3 is 15.4 Å². The van der Waals surface area contributed by atoms with Crippen molar-refractivity contribution in [3.63, 3.8) is 0 Å². The number of benzene rings is 1. The number of amides is 1. The molecule has 19 heavy (non-hydrogen) atoms. The van der Waals surface area contributed by atoms with Gasteiger partial charge in [0, 0.05) is 24.8 Å². The average molecular weight is 262 g/mol. The van der Waals surface area contributed by atoms with E-state index in [0.29, 0.717) is 36.4 Å². The second kappa shape index (κ2) is 5.95. The Kier molecular flexibility index (Phi) is 4.30. The van der Waals surface area contributed by atoms with Crippen molar-refractivity contribution in [3.05, 3.63) is 24.3 Å². The molecule has 1 aliphatic rings. The number of rotatable bonds is 6. The Morgan fingerprint density at radius 2 is 2.26 bits per heavy atom. The summed E-state index contributed by atoms with van der Waals surface area (Å²) in [7, 11) is 1.88. The predicted octanol–water partition coefficient (Wildman–Crippen LogP) is 2.29. The highest BCUT2D eigenvalue weighted by molar-refractivity contribution is 5.76. The van der Waals surface area contributed by atoms with Gasteiger partial charge in [0.25, 0.3) is 0 Å². The lowest BCUT2D eigenvalue weighted by atomic mass is 10.2. The van der Waals surface area contributed by atoms with Crippen LogP contribution in [-0.4, -0.2) is 30.5 Å². The van der Waals surface area contributed by atoms with E-state index in [-0.39, 0.29) is 5.91 Å². The third kappa shape index (κ3) is 3.88. The largest absolute Gasteiger partial charge is 0.493 e. The van der Waals surface area contributed by atoms with Gasteiger partial charge in [0.2, 0.25) is 5.91 Å². The van der Waals surface area contributed by atoms with Gasteiger partial charge in [0.1, 0.15) is 5.75 Å². The van der Waals surface area contributed by atoms with Crippen LogP contribution in [0.2, 0.25) is 0 Å². The Labute approximate surface area is 114 Å². The molecule has 1 aromatic carbocycles. The van der Waals surface area contributed by atoms with Crippen LogP contribution >= 0.6 is 0 Å². The quantitative estimate of drug-likeness (QED) is 0.800. The molecule has 1 unspecified atom stereocenters. The minimum Gasteiger partial charge on any atom is -0.493 e. The normalized spacial score (nSPS) is 15.9. The maximum atomic E-state index is 12.0. The van der Waals surface area contributed by atoms with E-state index in [0.717, 1.165) is 0 Å². The van der Waals surface area contributed by atoms with Gasteiger partial charge in [-0.2, -0.15) is 0 Å². The average Bonchev–Trinajstić information content (AvgIpc) is 3.21. The zero-order chi connectivity index (χ0) is 13.8. The molecule has 0 heterocycles. The lowest BCUT2D eigenvalue weighted by Gasteiger charge is -2.24. The molecule has 0 aliphatic heterocycles. The van der Waals surface area contributed by atoms with E-state index in [1.165, 1.54) is 12.8 Å². The first-order chi connectivity index (χ1) is 9.08. The summed E-state index contributed by atoms with van der Waals surface area (Å²) in [6.45, 7) is 2.51. The fraction of sp³-hybridized carbons (Fsp3) is 0.533. The Balaban J connectivity index is 1.74. The highest BCUT2D eigenvalue weighted by Gasteiger charge is 2.32. The molecule has 0 saturated heterocycles. The first-order valence-corrected chi connectivity index (χ1v) is 6.82. The fourth-order valence-electron chi connectivity index (χ4n) is 2.16. The molecule has 0 spiro atoms. The maximum Gasteiger partial charge on any atom is 0.225 e. The van der Waals surface area contributed by atoms with Crippen LogP contribution in [0.3, 0.4) is 0 Å².